The summed E-state index contributed by atoms with van der Waals surface area (Å²) in [5.41, 5.74) is 0.549. The van der Waals surface area contributed by atoms with E-state index in [4.69, 9.17) is 0 Å². The highest BCUT2D eigenvalue weighted by atomic mass is 79.9. The fourth-order valence-electron chi connectivity index (χ4n) is 4.50. The number of amides is 2. The zero-order valence-corrected chi connectivity index (χ0v) is 20.1. The second kappa shape index (κ2) is 8.64. The third kappa shape index (κ3) is 4.10. The van der Waals surface area contributed by atoms with Crippen LogP contribution in [0.25, 0.3) is 10.8 Å². The van der Waals surface area contributed by atoms with Gasteiger partial charge in [-0.1, -0.05) is 46.3 Å². The first-order valence-corrected chi connectivity index (χ1v) is 12.9. The molecule has 2 aliphatic rings. The van der Waals surface area contributed by atoms with Crippen LogP contribution in [0.1, 0.15) is 6.42 Å². The highest BCUT2D eigenvalue weighted by molar-refractivity contribution is 9.10. The SMILES string of the molecule is O=C1C[C@H](N2CCN(S(=O)(=O)c3ccc4ccccc4c3)CC2)C(=O)N1c1ccc(Br)cc1. The average Bonchev–Trinajstić information content (AvgIpc) is 3.13. The van der Waals surface area contributed by atoms with E-state index in [9.17, 15) is 18.0 Å². The van der Waals surface area contributed by atoms with E-state index in [2.05, 4.69) is 15.9 Å². The molecule has 7 nitrogen and oxygen atoms in total. The van der Waals surface area contributed by atoms with E-state index < -0.39 is 16.1 Å². The molecule has 2 heterocycles. The summed E-state index contributed by atoms with van der Waals surface area (Å²) in [6.07, 6.45) is 0.103. The normalized spacial score (nSPS) is 20.6. The molecule has 3 aromatic carbocycles. The molecule has 1 atom stereocenters. The molecule has 3 aromatic rings. The fraction of sp³-hybridized carbons (Fsp3) is 0.250. The molecule has 2 aliphatic heterocycles. The van der Waals surface area contributed by atoms with Gasteiger partial charge in [0.25, 0.3) is 5.91 Å². The summed E-state index contributed by atoms with van der Waals surface area (Å²) in [6.45, 7) is 1.33. The maximum absolute atomic E-state index is 13.2. The van der Waals surface area contributed by atoms with Gasteiger partial charge in [-0.15, -0.1) is 0 Å². The first-order chi connectivity index (χ1) is 15.8. The van der Waals surface area contributed by atoms with Crippen molar-refractivity contribution in [2.24, 2.45) is 0 Å². The topological polar surface area (TPSA) is 78.0 Å². The van der Waals surface area contributed by atoms with Crippen LogP contribution in [0.2, 0.25) is 0 Å². The smallest absolute Gasteiger partial charge is 0.251 e. The maximum atomic E-state index is 13.2. The molecule has 33 heavy (non-hydrogen) atoms. The average molecular weight is 528 g/mol. The molecule has 0 aromatic heterocycles. The van der Waals surface area contributed by atoms with Gasteiger partial charge in [-0.2, -0.15) is 4.31 Å². The summed E-state index contributed by atoms with van der Waals surface area (Å²) < 4.78 is 28.8. The number of carbonyl (C=O) groups excluding carboxylic acids is 2. The molecule has 0 radical (unpaired) electrons. The molecular weight excluding hydrogens is 506 g/mol. The Morgan fingerprint density at radius 1 is 0.818 bits per heavy atom. The van der Waals surface area contributed by atoms with Crippen molar-refractivity contribution < 1.29 is 18.0 Å². The summed E-state index contributed by atoms with van der Waals surface area (Å²) in [5, 5.41) is 1.86. The molecule has 2 saturated heterocycles. The first-order valence-electron chi connectivity index (χ1n) is 10.7. The zero-order valence-electron chi connectivity index (χ0n) is 17.7. The molecule has 0 N–H and O–H groups in total. The van der Waals surface area contributed by atoms with Gasteiger partial charge in [-0.3, -0.25) is 14.5 Å². The van der Waals surface area contributed by atoms with Crippen molar-refractivity contribution in [3.63, 3.8) is 0 Å². The van der Waals surface area contributed by atoms with Crippen LogP contribution in [0.15, 0.2) is 76.1 Å². The van der Waals surface area contributed by atoms with Crippen molar-refractivity contribution in [1.29, 1.82) is 0 Å². The lowest BCUT2D eigenvalue weighted by molar-refractivity contribution is -0.123. The number of rotatable bonds is 4. The monoisotopic (exact) mass is 527 g/mol. The lowest BCUT2D eigenvalue weighted by Gasteiger charge is -2.36. The minimum atomic E-state index is -3.64. The van der Waals surface area contributed by atoms with Crippen LogP contribution in [0.5, 0.6) is 0 Å². The van der Waals surface area contributed by atoms with E-state index in [-0.39, 0.29) is 36.2 Å². The van der Waals surface area contributed by atoms with Gasteiger partial charge in [0.1, 0.15) is 0 Å². The van der Waals surface area contributed by atoms with Crippen molar-refractivity contribution >= 4 is 54.2 Å². The Morgan fingerprint density at radius 2 is 1.48 bits per heavy atom. The number of imide groups is 1. The highest BCUT2D eigenvalue weighted by Crippen LogP contribution is 2.29. The van der Waals surface area contributed by atoms with Crippen molar-refractivity contribution in [1.82, 2.24) is 9.21 Å². The van der Waals surface area contributed by atoms with Crippen LogP contribution >= 0.6 is 15.9 Å². The number of carbonyl (C=O) groups is 2. The molecule has 9 heteroatoms. The number of anilines is 1. The van der Waals surface area contributed by atoms with Gasteiger partial charge in [-0.05, 0) is 47.2 Å². The van der Waals surface area contributed by atoms with Crippen LogP contribution in [-0.4, -0.2) is 61.7 Å². The lowest BCUT2D eigenvalue weighted by Crippen LogP contribution is -2.53. The van der Waals surface area contributed by atoms with Crippen LogP contribution < -0.4 is 4.90 Å². The highest BCUT2D eigenvalue weighted by Gasteiger charge is 2.44. The van der Waals surface area contributed by atoms with E-state index in [0.717, 1.165) is 15.2 Å². The van der Waals surface area contributed by atoms with Crippen molar-refractivity contribution in [3.8, 4) is 0 Å². The Balaban J connectivity index is 1.29. The van der Waals surface area contributed by atoms with Gasteiger partial charge in [-0.25, -0.2) is 13.3 Å². The molecule has 2 fully saturated rings. The fourth-order valence-corrected chi connectivity index (χ4v) is 6.22. The first kappa shape index (κ1) is 22.2. The molecule has 5 rings (SSSR count). The van der Waals surface area contributed by atoms with Crippen molar-refractivity contribution in [2.75, 3.05) is 31.1 Å². The van der Waals surface area contributed by atoms with E-state index in [1.165, 1.54) is 9.21 Å². The molecule has 170 valence electrons. The minimum absolute atomic E-state index is 0.103. The number of piperazine rings is 1. The number of fused-ring (bicyclic) bond motifs is 1. The van der Waals surface area contributed by atoms with E-state index in [0.29, 0.717) is 18.8 Å². The number of hydrogen-bond acceptors (Lipinski definition) is 5. The number of benzene rings is 3. The Hall–Kier alpha value is -2.59. The summed E-state index contributed by atoms with van der Waals surface area (Å²) in [7, 11) is -3.64. The Morgan fingerprint density at radius 3 is 2.18 bits per heavy atom. The maximum Gasteiger partial charge on any atom is 0.251 e. The molecule has 0 spiro atoms. The third-order valence-electron chi connectivity index (χ3n) is 6.28. The second-order valence-corrected chi connectivity index (χ2v) is 11.1. The van der Waals surface area contributed by atoms with E-state index in [1.54, 1.807) is 36.4 Å². The minimum Gasteiger partial charge on any atom is -0.289 e. The summed E-state index contributed by atoms with van der Waals surface area (Å²) >= 11 is 3.36. The quantitative estimate of drug-likeness (QED) is 0.486. The van der Waals surface area contributed by atoms with Crippen molar-refractivity contribution in [2.45, 2.75) is 17.4 Å². The number of nitrogens with zero attached hydrogens (tertiary/aromatic N) is 3. The Kier molecular flexibility index (Phi) is 5.82. The predicted octanol–water partition coefficient (Wildman–Crippen LogP) is 3.24. The largest absolute Gasteiger partial charge is 0.289 e. The Bertz CT molecular complexity index is 1340. The van der Waals surface area contributed by atoms with E-state index in [1.807, 2.05) is 35.2 Å². The Labute approximate surface area is 200 Å². The van der Waals surface area contributed by atoms with Crippen LogP contribution in [-0.2, 0) is 19.6 Å². The van der Waals surface area contributed by atoms with Gasteiger partial charge in [0.15, 0.2) is 0 Å². The molecule has 0 unspecified atom stereocenters. The van der Waals surface area contributed by atoms with Crippen LogP contribution in [0, 0.1) is 0 Å². The number of sulfonamides is 1. The third-order valence-corrected chi connectivity index (χ3v) is 8.70. The molecule has 0 bridgehead atoms. The van der Waals surface area contributed by atoms with Crippen LogP contribution in [0.4, 0.5) is 5.69 Å². The van der Waals surface area contributed by atoms with E-state index >= 15 is 0 Å². The summed E-state index contributed by atoms with van der Waals surface area (Å²) in [6, 6.07) is 19.3. The van der Waals surface area contributed by atoms with Gasteiger partial charge in [0.05, 0.1) is 23.0 Å². The van der Waals surface area contributed by atoms with Crippen molar-refractivity contribution in [3.05, 3.63) is 71.2 Å². The molecular formula is C24H22BrN3O4S. The predicted molar refractivity (Wildman–Crippen MR) is 129 cm³/mol. The van der Waals surface area contributed by atoms with Crippen LogP contribution in [0.3, 0.4) is 0 Å². The van der Waals surface area contributed by atoms with Gasteiger partial charge < -0.3 is 0 Å². The van der Waals surface area contributed by atoms with Gasteiger partial charge in [0, 0.05) is 30.7 Å². The summed E-state index contributed by atoms with van der Waals surface area (Å²) in [5.74, 6) is -0.494. The molecule has 2 amide bonds. The van der Waals surface area contributed by atoms with Gasteiger partial charge >= 0.3 is 0 Å². The standard InChI is InChI=1S/C24H22BrN3O4S/c25-19-6-8-20(9-7-19)28-23(29)16-22(24(28)30)26-11-13-27(14-12-26)33(31,32)21-10-5-17-3-1-2-4-18(17)15-21/h1-10,15,22H,11-14,16H2/t22-/m0/s1. The number of halogens is 1. The second-order valence-electron chi connectivity index (χ2n) is 8.21. The molecule has 0 aliphatic carbocycles. The lowest BCUT2D eigenvalue weighted by atomic mass is 10.1. The molecule has 0 saturated carbocycles. The number of hydrogen-bond donors (Lipinski definition) is 0. The zero-order chi connectivity index (χ0) is 23.2. The summed E-state index contributed by atoms with van der Waals surface area (Å²) in [4.78, 5) is 29.1. The van der Waals surface area contributed by atoms with Gasteiger partial charge in [0.2, 0.25) is 15.9 Å².